The summed E-state index contributed by atoms with van der Waals surface area (Å²) in [6.07, 6.45) is 0. The van der Waals surface area contributed by atoms with Gasteiger partial charge in [0.15, 0.2) is 0 Å². The van der Waals surface area contributed by atoms with Crippen molar-refractivity contribution in [1.29, 1.82) is 0 Å². The van der Waals surface area contributed by atoms with Gasteiger partial charge in [-0.3, -0.25) is 0 Å². The highest BCUT2D eigenvalue weighted by Crippen LogP contribution is 2.28. The zero-order chi connectivity index (χ0) is 14.2. The lowest BCUT2D eigenvalue weighted by Crippen LogP contribution is -2.18. The number of hydrogen-bond acceptors (Lipinski definition) is 1. The van der Waals surface area contributed by atoms with Gasteiger partial charge in [-0.2, -0.15) is 0 Å². The predicted octanol–water partition coefficient (Wildman–Crippen LogP) is 3.60. The highest BCUT2D eigenvalue weighted by molar-refractivity contribution is 5.36. The monoisotopic (exact) mass is 269 g/mol. The molecule has 0 aliphatic carbocycles. The third-order valence-electron chi connectivity index (χ3n) is 2.91. The second-order valence-corrected chi connectivity index (χ2v) is 4.24. The molecule has 0 saturated heterocycles. The molecule has 0 saturated carbocycles. The van der Waals surface area contributed by atoms with Gasteiger partial charge in [-0.15, -0.1) is 0 Å². The molecule has 0 heterocycles. The van der Waals surface area contributed by atoms with E-state index in [1.807, 2.05) is 0 Å². The van der Waals surface area contributed by atoms with Gasteiger partial charge < -0.3 is 5.73 Å². The van der Waals surface area contributed by atoms with Crippen LogP contribution in [-0.4, -0.2) is 0 Å². The number of nitrogens with two attached hydrogens (primary N) is 1. The lowest BCUT2D eigenvalue weighted by atomic mass is 9.96. The van der Waals surface area contributed by atoms with Crippen molar-refractivity contribution in [2.75, 3.05) is 0 Å². The molecule has 1 nitrogen and oxygen atoms in total. The average Bonchev–Trinajstić information content (AvgIpc) is 2.31. The molecular formula is C14H11F4N. The number of hydrogen-bond donors (Lipinski definition) is 1. The van der Waals surface area contributed by atoms with Crippen LogP contribution in [0.1, 0.15) is 22.7 Å². The number of benzene rings is 2. The van der Waals surface area contributed by atoms with E-state index in [4.69, 9.17) is 5.73 Å². The van der Waals surface area contributed by atoms with Crippen LogP contribution in [0.2, 0.25) is 0 Å². The van der Waals surface area contributed by atoms with E-state index in [0.717, 1.165) is 0 Å². The summed E-state index contributed by atoms with van der Waals surface area (Å²) in [4.78, 5) is 0. The van der Waals surface area contributed by atoms with E-state index < -0.39 is 34.9 Å². The van der Waals surface area contributed by atoms with Crippen molar-refractivity contribution in [3.05, 3.63) is 70.3 Å². The molecule has 2 aromatic rings. The zero-order valence-corrected chi connectivity index (χ0v) is 10.1. The molecule has 0 bridgehead atoms. The Balaban J connectivity index is 2.56. The normalized spacial score (nSPS) is 12.5. The van der Waals surface area contributed by atoms with E-state index in [2.05, 4.69) is 0 Å². The van der Waals surface area contributed by atoms with E-state index in [1.165, 1.54) is 25.1 Å². The molecule has 0 aromatic heterocycles. The SMILES string of the molecule is Cc1cccc(C(N)c2c(F)cc(F)cc2F)c1F. The topological polar surface area (TPSA) is 26.0 Å². The molecule has 0 fully saturated rings. The van der Waals surface area contributed by atoms with Crippen LogP contribution in [0.15, 0.2) is 30.3 Å². The maximum Gasteiger partial charge on any atom is 0.134 e. The summed E-state index contributed by atoms with van der Waals surface area (Å²) in [7, 11) is 0. The lowest BCUT2D eigenvalue weighted by Gasteiger charge is -2.16. The molecule has 0 amide bonds. The minimum atomic E-state index is -1.33. The van der Waals surface area contributed by atoms with Crippen molar-refractivity contribution >= 4 is 0 Å². The summed E-state index contributed by atoms with van der Waals surface area (Å²) in [5.74, 6) is -3.94. The van der Waals surface area contributed by atoms with E-state index in [9.17, 15) is 17.6 Å². The van der Waals surface area contributed by atoms with Crippen LogP contribution in [0.3, 0.4) is 0 Å². The molecule has 19 heavy (non-hydrogen) atoms. The summed E-state index contributed by atoms with van der Waals surface area (Å²) in [6, 6.07) is 4.10. The Morgan fingerprint density at radius 1 is 1.00 bits per heavy atom. The maximum absolute atomic E-state index is 13.9. The molecular weight excluding hydrogens is 258 g/mol. The molecule has 0 aliphatic rings. The maximum atomic E-state index is 13.9. The summed E-state index contributed by atoms with van der Waals surface area (Å²) in [5.41, 5.74) is 5.42. The van der Waals surface area contributed by atoms with Gasteiger partial charge in [0.1, 0.15) is 23.3 Å². The highest BCUT2D eigenvalue weighted by atomic mass is 19.1. The molecule has 2 aromatic carbocycles. The summed E-state index contributed by atoms with van der Waals surface area (Å²) in [5, 5.41) is 0. The Kier molecular flexibility index (Phi) is 3.57. The third-order valence-corrected chi connectivity index (χ3v) is 2.91. The lowest BCUT2D eigenvalue weighted by molar-refractivity contribution is 0.508. The highest BCUT2D eigenvalue weighted by Gasteiger charge is 2.22. The van der Waals surface area contributed by atoms with Gasteiger partial charge in [0.25, 0.3) is 0 Å². The van der Waals surface area contributed by atoms with Crippen LogP contribution >= 0.6 is 0 Å². The molecule has 2 N–H and O–H groups in total. The number of halogens is 4. The minimum absolute atomic E-state index is 0.0376. The molecule has 0 spiro atoms. The standard InChI is InChI=1S/C14H11F4N/c1-7-3-2-4-9(13(7)18)14(19)12-10(16)5-8(15)6-11(12)17/h2-6,14H,19H2,1H3. The Morgan fingerprint density at radius 2 is 1.58 bits per heavy atom. The molecule has 5 heteroatoms. The first-order valence-electron chi connectivity index (χ1n) is 5.57. The summed E-state index contributed by atoms with van der Waals surface area (Å²) in [6.45, 7) is 1.52. The second-order valence-electron chi connectivity index (χ2n) is 4.24. The van der Waals surface area contributed by atoms with Crippen molar-refractivity contribution in [3.63, 3.8) is 0 Å². The largest absolute Gasteiger partial charge is 0.320 e. The van der Waals surface area contributed by atoms with Crippen LogP contribution in [0.25, 0.3) is 0 Å². The van der Waals surface area contributed by atoms with Crippen LogP contribution in [-0.2, 0) is 0 Å². The smallest absolute Gasteiger partial charge is 0.134 e. The van der Waals surface area contributed by atoms with E-state index >= 15 is 0 Å². The van der Waals surface area contributed by atoms with Gasteiger partial charge in [0.2, 0.25) is 0 Å². The Bertz CT molecular complexity index is 602. The fraction of sp³-hybridized carbons (Fsp3) is 0.143. The third kappa shape index (κ3) is 2.46. The first kappa shape index (κ1) is 13.5. The van der Waals surface area contributed by atoms with Crippen molar-refractivity contribution in [3.8, 4) is 0 Å². The zero-order valence-electron chi connectivity index (χ0n) is 10.1. The van der Waals surface area contributed by atoms with Crippen LogP contribution in [0.4, 0.5) is 17.6 Å². The van der Waals surface area contributed by atoms with Crippen molar-refractivity contribution < 1.29 is 17.6 Å². The number of rotatable bonds is 2. The average molecular weight is 269 g/mol. The Morgan fingerprint density at radius 3 is 2.16 bits per heavy atom. The molecule has 0 radical (unpaired) electrons. The van der Waals surface area contributed by atoms with Gasteiger partial charge in [-0.1, -0.05) is 18.2 Å². The van der Waals surface area contributed by atoms with Gasteiger partial charge >= 0.3 is 0 Å². The Labute approximate surface area is 107 Å². The quantitative estimate of drug-likeness (QED) is 0.828. The first-order chi connectivity index (χ1) is 8.91. The molecule has 1 atom stereocenters. The fourth-order valence-electron chi connectivity index (χ4n) is 1.92. The van der Waals surface area contributed by atoms with Gasteiger partial charge in [0, 0.05) is 23.3 Å². The predicted molar refractivity (Wildman–Crippen MR) is 63.5 cm³/mol. The van der Waals surface area contributed by atoms with Crippen LogP contribution in [0, 0.1) is 30.2 Å². The van der Waals surface area contributed by atoms with Crippen molar-refractivity contribution in [1.82, 2.24) is 0 Å². The van der Waals surface area contributed by atoms with Gasteiger partial charge in [-0.05, 0) is 12.5 Å². The summed E-state index contributed by atoms with van der Waals surface area (Å²) < 4.78 is 53.9. The second kappa shape index (κ2) is 5.01. The van der Waals surface area contributed by atoms with Crippen LogP contribution in [0.5, 0.6) is 0 Å². The fourth-order valence-corrected chi connectivity index (χ4v) is 1.92. The van der Waals surface area contributed by atoms with Gasteiger partial charge in [0.05, 0.1) is 6.04 Å². The molecule has 100 valence electrons. The molecule has 0 aliphatic heterocycles. The van der Waals surface area contributed by atoms with E-state index in [0.29, 0.717) is 17.7 Å². The minimum Gasteiger partial charge on any atom is -0.320 e. The number of aryl methyl sites for hydroxylation is 1. The Hall–Kier alpha value is -1.88. The molecule has 1 unspecified atom stereocenters. The molecule has 2 rings (SSSR count). The van der Waals surface area contributed by atoms with E-state index in [-0.39, 0.29) is 5.56 Å². The van der Waals surface area contributed by atoms with Crippen molar-refractivity contribution in [2.24, 2.45) is 5.73 Å². The summed E-state index contributed by atoms with van der Waals surface area (Å²) >= 11 is 0. The van der Waals surface area contributed by atoms with Gasteiger partial charge in [-0.25, -0.2) is 17.6 Å². The van der Waals surface area contributed by atoms with E-state index in [1.54, 1.807) is 0 Å². The first-order valence-corrected chi connectivity index (χ1v) is 5.57. The van der Waals surface area contributed by atoms with Crippen molar-refractivity contribution in [2.45, 2.75) is 13.0 Å². The van der Waals surface area contributed by atoms with Crippen LogP contribution < -0.4 is 5.73 Å².